The van der Waals surface area contributed by atoms with Crippen molar-refractivity contribution in [1.82, 2.24) is 4.31 Å². The van der Waals surface area contributed by atoms with Gasteiger partial charge in [0.05, 0.1) is 17.6 Å². The van der Waals surface area contributed by atoms with E-state index in [0.717, 1.165) is 22.3 Å². The predicted molar refractivity (Wildman–Crippen MR) is 82.9 cm³/mol. The molecule has 1 aliphatic rings. The molecule has 1 unspecified atom stereocenters. The van der Waals surface area contributed by atoms with Crippen molar-refractivity contribution in [3.63, 3.8) is 0 Å². The molecule has 21 heavy (non-hydrogen) atoms. The van der Waals surface area contributed by atoms with Gasteiger partial charge < -0.3 is 10.5 Å². The number of nitrogens with zero attached hydrogens (tertiary/aromatic N) is 1. The molecule has 0 radical (unpaired) electrons. The largest absolute Gasteiger partial charge is 0.374 e. The van der Waals surface area contributed by atoms with Crippen LogP contribution in [0.15, 0.2) is 11.0 Å². The van der Waals surface area contributed by atoms with E-state index in [0.29, 0.717) is 31.1 Å². The summed E-state index contributed by atoms with van der Waals surface area (Å²) in [7, 11) is -3.51. The second-order valence-electron chi connectivity index (χ2n) is 5.68. The minimum atomic E-state index is -3.51. The van der Waals surface area contributed by atoms with Crippen molar-refractivity contribution < 1.29 is 13.2 Å². The summed E-state index contributed by atoms with van der Waals surface area (Å²) in [5.41, 5.74) is 9.26. The molecule has 0 aromatic heterocycles. The monoisotopic (exact) mass is 312 g/mol. The maximum atomic E-state index is 13.0. The Labute approximate surface area is 127 Å². The molecule has 1 aromatic rings. The Morgan fingerprint density at radius 1 is 1.24 bits per heavy atom. The van der Waals surface area contributed by atoms with E-state index in [9.17, 15) is 8.42 Å². The van der Waals surface area contributed by atoms with E-state index >= 15 is 0 Å². The second-order valence-corrected chi connectivity index (χ2v) is 7.56. The van der Waals surface area contributed by atoms with Crippen molar-refractivity contribution in [2.24, 2.45) is 5.73 Å². The lowest BCUT2D eigenvalue weighted by atomic mass is 10.0. The number of morpholine rings is 1. The number of rotatable bonds is 3. The molecule has 1 saturated heterocycles. The number of benzene rings is 1. The number of hydrogen-bond donors (Lipinski definition) is 1. The molecule has 1 aliphatic heterocycles. The van der Waals surface area contributed by atoms with Gasteiger partial charge in [0.1, 0.15) is 0 Å². The van der Waals surface area contributed by atoms with Gasteiger partial charge in [-0.15, -0.1) is 0 Å². The van der Waals surface area contributed by atoms with Gasteiger partial charge in [-0.05, 0) is 49.9 Å². The maximum Gasteiger partial charge on any atom is 0.243 e. The lowest BCUT2D eigenvalue weighted by molar-refractivity contribution is 0.00448. The van der Waals surface area contributed by atoms with Gasteiger partial charge in [-0.25, -0.2) is 8.42 Å². The number of aryl methyl sites for hydroxylation is 2. The summed E-state index contributed by atoms with van der Waals surface area (Å²) in [5.74, 6) is 0. The molecule has 1 atom stereocenters. The first-order valence-corrected chi connectivity index (χ1v) is 8.62. The Hall–Kier alpha value is -0.950. The van der Waals surface area contributed by atoms with E-state index in [1.807, 2.05) is 33.8 Å². The summed E-state index contributed by atoms with van der Waals surface area (Å²) >= 11 is 0. The average molecular weight is 312 g/mol. The zero-order valence-electron chi connectivity index (χ0n) is 13.1. The third-order valence-electron chi connectivity index (χ3n) is 4.26. The molecular formula is C15H24N2O3S. The average Bonchev–Trinajstić information content (AvgIpc) is 2.45. The first-order valence-electron chi connectivity index (χ1n) is 7.18. The van der Waals surface area contributed by atoms with Crippen LogP contribution in [0.5, 0.6) is 0 Å². The molecule has 5 nitrogen and oxygen atoms in total. The normalized spacial score (nSPS) is 20.7. The van der Waals surface area contributed by atoms with Gasteiger partial charge >= 0.3 is 0 Å². The predicted octanol–water partition coefficient (Wildman–Crippen LogP) is 1.27. The molecule has 0 aliphatic carbocycles. The Morgan fingerprint density at radius 3 is 2.33 bits per heavy atom. The van der Waals surface area contributed by atoms with Gasteiger partial charge in [0.25, 0.3) is 0 Å². The molecule has 0 amide bonds. The van der Waals surface area contributed by atoms with Crippen molar-refractivity contribution in [3.05, 3.63) is 28.3 Å². The molecule has 0 bridgehead atoms. The van der Waals surface area contributed by atoms with Crippen molar-refractivity contribution in [3.8, 4) is 0 Å². The Kier molecular flexibility index (Phi) is 4.72. The smallest absolute Gasteiger partial charge is 0.243 e. The highest BCUT2D eigenvalue weighted by Gasteiger charge is 2.33. The summed E-state index contributed by atoms with van der Waals surface area (Å²) in [6.07, 6.45) is -0.222. The van der Waals surface area contributed by atoms with Crippen LogP contribution in [-0.2, 0) is 14.8 Å². The van der Waals surface area contributed by atoms with Crippen molar-refractivity contribution in [1.29, 1.82) is 0 Å². The van der Waals surface area contributed by atoms with Crippen LogP contribution in [0.2, 0.25) is 0 Å². The molecular weight excluding hydrogens is 288 g/mol. The quantitative estimate of drug-likeness (QED) is 0.912. The minimum absolute atomic E-state index is 0.222. The highest BCUT2D eigenvalue weighted by molar-refractivity contribution is 7.89. The fourth-order valence-corrected chi connectivity index (χ4v) is 4.78. The first kappa shape index (κ1) is 16.4. The fourth-order valence-electron chi connectivity index (χ4n) is 2.75. The van der Waals surface area contributed by atoms with E-state index in [1.54, 1.807) is 0 Å². The van der Waals surface area contributed by atoms with Crippen molar-refractivity contribution in [2.75, 3.05) is 26.2 Å². The van der Waals surface area contributed by atoms with Crippen LogP contribution >= 0.6 is 0 Å². The topological polar surface area (TPSA) is 72.6 Å². The van der Waals surface area contributed by atoms with Crippen LogP contribution in [0.3, 0.4) is 0 Å². The number of sulfonamides is 1. The number of hydrogen-bond acceptors (Lipinski definition) is 4. The SMILES string of the molecule is Cc1cc(C)c(C)c(S(=O)(=O)N2CCOC(CN)C2)c1C. The van der Waals surface area contributed by atoms with Crippen LogP contribution in [-0.4, -0.2) is 45.1 Å². The second kappa shape index (κ2) is 6.04. The highest BCUT2D eigenvalue weighted by Crippen LogP contribution is 2.29. The summed E-state index contributed by atoms with van der Waals surface area (Å²) in [6.45, 7) is 9.06. The van der Waals surface area contributed by atoms with Crippen molar-refractivity contribution in [2.45, 2.75) is 38.7 Å². The molecule has 0 spiro atoms. The van der Waals surface area contributed by atoms with E-state index in [1.165, 1.54) is 4.31 Å². The highest BCUT2D eigenvalue weighted by atomic mass is 32.2. The van der Waals surface area contributed by atoms with E-state index in [4.69, 9.17) is 10.5 Å². The summed E-state index contributed by atoms with van der Waals surface area (Å²) in [6, 6.07) is 2.03. The Morgan fingerprint density at radius 2 is 1.81 bits per heavy atom. The Bertz CT molecular complexity index is 615. The third kappa shape index (κ3) is 2.99. The van der Waals surface area contributed by atoms with E-state index in [2.05, 4.69) is 0 Å². The first-order chi connectivity index (χ1) is 9.78. The summed E-state index contributed by atoms with van der Waals surface area (Å²) in [5, 5.41) is 0. The van der Waals surface area contributed by atoms with Gasteiger partial charge in [-0.2, -0.15) is 4.31 Å². The number of nitrogens with two attached hydrogens (primary N) is 1. The van der Waals surface area contributed by atoms with Crippen LogP contribution in [0.25, 0.3) is 0 Å². The van der Waals surface area contributed by atoms with Crippen molar-refractivity contribution >= 4 is 10.0 Å². The number of ether oxygens (including phenoxy) is 1. The van der Waals surface area contributed by atoms with E-state index < -0.39 is 10.0 Å². The third-order valence-corrected chi connectivity index (χ3v) is 6.40. The maximum absolute atomic E-state index is 13.0. The van der Waals surface area contributed by atoms with Crippen LogP contribution in [0, 0.1) is 27.7 Å². The van der Waals surface area contributed by atoms with E-state index in [-0.39, 0.29) is 6.10 Å². The standard InChI is InChI=1S/C15H24N2O3S/c1-10-7-11(2)13(4)15(12(10)3)21(18,19)17-5-6-20-14(8-16)9-17/h7,14H,5-6,8-9,16H2,1-4H3. The molecule has 118 valence electrons. The Balaban J connectivity index is 2.50. The molecule has 2 N–H and O–H groups in total. The lowest BCUT2D eigenvalue weighted by Gasteiger charge is -2.32. The van der Waals surface area contributed by atoms with Crippen LogP contribution in [0.4, 0.5) is 0 Å². The zero-order chi connectivity index (χ0) is 15.8. The molecule has 2 rings (SSSR count). The molecule has 6 heteroatoms. The van der Waals surface area contributed by atoms with Gasteiger partial charge in [0.2, 0.25) is 10.0 Å². The molecule has 1 aromatic carbocycles. The molecule has 1 heterocycles. The zero-order valence-corrected chi connectivity index (χ0v) is 14.0. The lowest BCUT2D eigenvalue weighted by Crippen LogP contribution is -2.48. The van der Waals surface area contributed by atoms with Crippen LogP contribution in [0.1, 0.15) is 22.3 Å². The van der Waals surface area contributed by atoms with Gasteiger partial charge in [0.15, 0.2) is 0 Å². The van der Waals surface area contributed by atoms with Gasteiger partial charge in [-0.3, -0.25) is 0 Å². The van der Waals surface area contributed by atoms with Gasteiger partial charge in [0, 0.05) is 19.6 Å². The fraction of sp³-hybridized carbons (Fsp3) is 0.600. The summed E-state index contributed by atoms with van der Waals surface area (Å²) < 4.78 is 33.0. The molecule has 1 fully saturated rings. The van der Waals surface area contributed by atoms with Crippen LogP contribution < -0.4 is 5.73 Å². The minimum Gasteiger partial charge on any atom is -0.374 e. The molecule has 0 saturated carbocycles. The van der Waals surface area contributed by atoms with Gasteiger partial charge in [-0.1, -0.05) is 6.07 Å². The summed E-state index contributed by atoms with van der Waals surface area (Å²) in [4.78, 5) is 0.442.